The number of fused-ring (bicyclic) bond motifs is 2. The molecule has 2 heterocycles. The second kappa shape index (κ2) is 4.08. The van der Waals surface area contributed by atoms with Gasteiger partial charge in [-0.05, 0) is 29.7 Å². The molecule has 5 nitrogen and oxygen atoms in total. The Hall–Kier alpha value is -1.91. The van der Waals surface area contributed by atoms with E-state index >= 15 is 0 Å². The lowest BCUT2D eigenvalue weighted by Crippen LogP contribution is -2.38. The monoisotopic (exact) mass is 249 g/mol. The van der Waals surface area contributed by atoms with Crippen LogP contribution < -0.4 is 9.47 Å². The molecule has 2 aliphatic rings. The zero-order valence-electron chi connectivity index (χ0n) is 10.4. The van der Waals surface area contributed by atoms with Crippen LogP contribution in [-0.4, -0.2) is 37.9 Å². The van der Waals surface area contributed by atoms with E-state index < -0.39 is 0 Å². The lowest BCUT2D eigenvalue weighted by Gasteiger charge is -2.29. The Balaban J connectivity index is 1.99. The molecule has 1 aromatic rings. The zero-order valence-corrected chi connectivity index (χ0v) is 10.4. The van der Waals surface area contributed by atoms with E-state index in [2.05, 4.69) is 0 Å². The highest BCUT2D eigenvalue weighted by atomic mass is 16.6. The molecule has 3 rings (SSSR count). The Kier molecular flexibility index (Phi) is 2.54. The number of methoxy groups -OCH3 is 2. The standard InChI is InChI=1S/C13H15NO4/c1-16-11-4-8-3-10-7-18-13(15)14(10)6-9(8)5-12(11)17-2/h4-5,10H,3,6-7H2,1-2H3. The van der Waals surface area contributed by atoms with E-state index in [0.29, 0.717) is 18.9 Å². The fourth-order valence-corrected chi connectivity index (χ4v) is 2.59. The lowest BCUT2D eigenvalue weighted by atomic mass is 9.94. The number of hydrogen-bond donors (Lipinski definition) is 0. The van der Waals surface area contributed by atoms with Crippen LogP contribution in [0, 0.1) is 0 Å². The molecule has 1 atom stereocenters. The third kappa shape index (κ3) is 1.58. The molecule has 0 aromatic heterocycles. The van der Waals surface area contributed by atoms with E-state index in [1.165, 1.54) is 5.56 Å². The Bertz CT molecular complexity index is 500. The minimum Gasteiger partial charge on any atom is -0.493 e. The molecule has 1 amide bonds. The first-order valence-electron chi connectivity index (χ1n) is 5.90. The Morgan fingerprint density at radius 2 is 1.89 bits per heavy atom. The van der Waals surface area contributed by atoms with Crippen molar-refractivity contribution in [3.05, 3.63) is 23.3 Å². The van der Waals surface area contributed by atoms with Gasteiger partial charge in [-0.2, -0.15) is 0 Å². The van der Waals surface area contributed by atoms with Gasteiger partial charge in [0.15, 0.2) is 11.5 Å². The van der Waals surface area contributed by atoms with Gasteiger partial charge >= 0.3 is 6.09 Å². The van der Waals surface area contributed by atoms with Crippen LogP contribution in [0.5, 0.6) is 11.5 Å². The first-order valence-corrected chi connectivity index (χ1v) is 5.90. The Morgan fingerprint density at radius 3 is 2.56 bits per heavy atom. The molecule has 0 radical (unpaired) electrons. The van der Waals surface area contributed by atoms with Crippen molar-refractivity contribution in [3.8, 4) is 11.5 Å². The van der Waals surface area contributed by atoms with Gasteiger partial charge in [-0.1, -0.05) is 0 Å². The first-order chi connectivity index (χ1) is 8.72. The molecule has 0 saturated carbocycles. The molecule has 1 fully saturated rings. The summed E-state index contributed by atoms with van der Waals surface area (Å²) in [6.07, 6.45) is 0.585. The molecule has 1 saturated heterocycles. The van der Waals surface area contributed by atoms with Gasteiger partial charge in [0.05, 0.1) is 20.3 Å². The number of ether oxygens (including phenoxy) is 3. The largest absolute Gasteiger partial charge is 0.493 e. The van der Waals surface area contributed by atoms with Crippen LogP contribution in [0.15, 0.2) is 12.1 Å². The summed E-state index contributed by atoms with van der Waals surface area (Å²) in [4.78, 5) is 13.3. The third-order valence-electron chi connectivity index (χ3n) is 3.58. The molecule has 0 aliphatic carbocycles. The van der Waals surface area contributed by atoms with Gasteiger partial charge < -0.3 is 14.2 Å². The van der Waals surface area contributed by atoms with Crippen molar-refractivity contribution in [2.24, 2.45) is 0 Å². The highest BCUT2D eigenvalue weighted by molar-refractivity contribution is 5.71. The number of carbonyl (C=O) groups is 1. The van der Waals surface area contributed by atoms with Crippen LogP contribution >= 0.6 is 0 Å². The number of benzene rings is 1. The minimum absolute atomic E-state index is 0.156. The Morgan fingerprint density at radius 1 is 1.22 bits per heavy atom. The molecular weight excluding hydrogens is 234 g/mol. The predicted octanol–water partition coefficient (Wildman–Crippen LogP) is 1.58. The van der Waals surface area contributed by atoms with E-state index in [1.807, 2.05) is 12.1 Å². The fourth-order valence-electron chi connectivity index (χ4n) is 2.59. The predicted molar refractivity (Wildman–Crippen MR) is 63.9 cm³/mol. The van der Waals surface area contributed by atoms with Crippen LogP contribution in [0.4, 0.5) is 4.79 Å². The van der Waals surface area contributed by atoms with Crippen LogP contribution in [-0.2, 0) is 17.7 Å². The fraction of sp³-hybridized carbons (Fsp3) is 0.462. The number of cyclic esters (lactones) is 1. The average molecular weight is 249 g/mol. The van der Waals surface area contributed by atoms with Crippen molar-refractivity contribution >= 4 is 6.09 Å². The van der Waals surface area contributed by atoms with Crippen LogP contribution in [0.2, 0.25) is 0 Å². The summed E-state index contributed by atoms with van der Waals surface area (Å²) in [5.41, 5.74) is 2.30. The van der Waals surface area contributed by atoms with E-state index in [9.17, 15) is 4.79 Å². The summed E-state index contributed by atoms with van der Waals surface area (Å²) in [5.74, 6) is 1.43. The maximum atomic E-state index is 11.5. The average Bonchev–Trinajstić information content (AvgIpc) is 2.75. The SMILES string of the molecule is COc1cc2c(cc1OC)CN1C(=O)OCC1C2. The lowest BCUT2D eigenvalue weighted by molar-refractivity contribution is 0.155. The molecule has 0 N–H and O–H groups in total. The summed E-state index contributed by atoms with van der Waals surface area (Å²) in [5, 5.41) is 0. The number of hydrogen-bond acceptors (Lipinski definition) is 4. The highest BCUT2D eigenvalue weighted by Crippen LogP contribution is 2.35. The maximum absolute atomic E-state index is 11.5. The van der Waals surface area contributed by atoms with Gasteiger partial charge in [-0.15, -0.1) is 0 Å². The van der Waals surface area contributed by atoms with Gasteiger partial charge in [0.2, 0.25) is 0 Å². The van der Waals surface area contributed by atoms with Crippen molar-refractivity contribution in [3.63, 3.8) is 0 Å². The molecular formula is C13H15NO4. The minimum atomic E-state index is -0.222. The Labute approximate surface area is 105 Å². The molecule has 0 bridgehead atoms. The normalized spacial score (nSPS) is 21.1. The van der Waals surface area contributed by atoms with Crippen molar-refractivity contribution in [1.82, 2.24) is 4.90 Å². The molecule has 1 aromatic carbocycles. The van der Waals surface area contributed by atoms with E-state index in [-0.39, 0.29) is 12.1 Å². The topological polar surface area (TPSA) is 48.0 Å². The number of carbonyl (C=O) groups excluding carboxylic acids is 1. The van der Waals surface area contributed by atoms with Gasteiger partial charge in [0.25, 0.3) is 0 Å². The van der Waals surface area contributed by atoms with E-state index in [0.717, 1.165) is 17.7 Å². The quantitative estimate of drug-likeness (QED) is 0.798. The van der Waals surface area contributed by atoms with Gasteiger partial charge in [-0.25, -0.2) is 4.79 Å². The smallest absolute Gasteiger partial charge is 0.410 e. The number of amides is 1. The molecule has 1 unspecified atom stereocenters. The molecule has 96 valence electrons. The summed E-state index contributed by atoms with van der Waals surface area (Å²) in [6, 6.07) is 4.09. The highest BCUT2D eigenvalue weighted by Gasteiger charge is 2.37. The number of nitrogens with zero attached hydrogens (tertiary/aromatic N) is 1. The van der Waals surface area contributed by atoms with Crippen molar-refractivity contribution in [1.29, 1.82) is 0 Å². The van der Waals surface area contributed by atoms with Crippen molar-refractivity contribution < 1.29 is 19.0 Å². The molecule has 2 aliphatic heterocycles. The van der Waals surface area contributed by atoms with E-state index in [1.54, 1.807) is 19.1 Å². The summed E-state index contributed by atoms with van der Waals surface area (Å²) in [6.45, 7) is 1.06. The summed E-state index contributed by atoms with van der Waals surface area (Å²) >= 11 is 0. The summed E-state index contributed by atoms with van der Waals surface area (Å²) < 4.78 is 15.6. The number of rotatable bonds is 2. The molecule has 0 spiro atoms. The first kappa shape index (κ1) is 11.2. The van der Waals surface area contributed by atoms with Gasteiger partial charge in [0.1, 0.15) is 6.61 Å². The van der Waals surface area contributed by atoms with Crippen LogP contribution in [0.25, 0.3) is 0 Å². The van der Waals surface area contributed by atoms with Gasteiger partial charge in [0, 0.05) is 6.54 Å². The van der Waals surface area contributed by atoms with E-state index in [4.69, 9.17) is 14.2 Å². The van der Waals surface area contributed by atoms with Crippen LogP contribution in [0.3, 0.4) is 0 Å². The molecule has 5 heteroatoms. The zero-order chi connectivity index (χ0) is 12.7. The van der Waals surface area contributed by atoms with Crippen molar-refractivity contribution in [2.75, 3.05) is 20.8 Å². The van der Waals surface area contributed by atoms with Gasteiger partial charge in [-0.3, -0.25) is 4.90 Å². The third-order valence-corrected chi connectivity index (χ3v) is 3.58. The van der Waals surface area contributed by atoms with Crippen molar-refractivity contribution in [2.45, 2.75) is 19.0 Å². The van der Waals surface area contributed by atoms with Crippen LogP contribution in [0.1, 0.15) is 11.1 Å². The molecule has 18 heavy (non-hydrogen) atoms. The maximum Gasteiger partial charge on any atom is 0.410 e. The summed E-state index contributed by atoms with van der Waals surface area (Å²) in [7, 11) is 3.24. The second-order valence-corrected chi connectivity index (χ2v) is 4.54. The second-order valence-electron chi connectivity index (χ2n) is 4.54.